The molecule has 0 aliphatic rings. The second-order valence-electron chi connectivity index (χ2n) is 2.75. The predicted octanol–water partition coefficient (Wildman–Crippen LogP) is 1.35. The van der Waals surface area contributed by atoms with Crippen molar-refractivity contribution in [3.63, 3.8) is 0 Å². The smallest absolute Gasteiger partial charge is 0.274 e. The summed E-state index contributed by atoms with van der Waals surface area (Å²) >= 11 is 3.18. The number of nitrogens with two attached hydrogens (primary N) is 1. The molecule has 0 fully saturated rings. The van der Waals surface area contributed by atoms with Gasteiger partial charge in [0, 0.05) is 16.1 Å². The van der Waals surface area contributed by atoms with Gasteiger partial charge in [0.2, 0.25) is 0 Å². The van der Waals surface area contributed by atoms with Crippen LogP contribution in [0.1, 0.15) is 11.6 Å². The Bertz CT molecular complexity index is 356. The third-order valence-electron chi connectivity index (χ3n) is 1.78. The summed E-state index contributed by atoms with van der Waals surface area (Å²) in [6.07, 6.45) is 0. The van der Waals surface area contributed by atoms with Crippen molar-refractivity contribution < 1.29 is 10.0 Å². The molecule has 1 aromatic carbocycles. The van der Waals surface area contributed by atoms with E-state index in [0.717, 1.165) is 0 Å². The topological polar surface area (TPSA) is 89.4 Å². The van der Waals surface area contributed by atoms with E-state index in [2.05, 4.69) is 15.9 Å². The number of halogens is 1. The highest BCUT2D eigenvalue weighted by molar-refractivity contribution is 9.10. The summed E-state index contributed by atoms with van der Waals surface area (Å²) in [5.74, 6) is 0. The van der Waals surface area contributed by atoms with Crippen LogP contribution in [0.4, 0.5) is 5.69 Å². The average Bonchev–Trinajstić information content (AvgIpc) is 2.16. The van der Waals surface area contributed by atoms with Crippen molar-refractivity contribution in [1.29, 1.82) is 0 Å². The second-order valence-corrected chi connectivity index (χ2v) is 3.66. The maximum absolute atomic E-state index is 10.6. The molecule has 5 nitrogen and oxygen atoms in total. The quantitative estimate of drug-likeness (QED) is 0.634. The van der Waals surface area contributed by atoms with E-state index < -0.39 is 11.0 Å². The number of hydrogen-bond donors (Lipinski definition) is 2. The summed E-state index contributed by atoms with van der Waals surface area (Å²) < 4.78 is 0.696. The molecular formula is C8H9BrN2O3. The molecule has 6 heteroatoms. The molecule has 0 bridgehead atoms. The van der Waals surface area contributed by atoms with Gasteiger partial charge in [-0.1, -0.05) is 15.9 Å². The van der Waals surface area contributed by atoms with E-state index in [1.807, 2.05) is 0 Å². The minimum Gasteiger partial charge on any atom is -0.394 e. The Kier molecular flexibility index (Phi) is 3.56. The molecule has 0 amide bonds. The normalized spacial score (nSPS) is 12.5. The van der Waals surface area contributed by atoms with Crippen LogP contribution in [0.25, 0.3) is 0 Å². The summed E-state index contributed by atoms with van der Waals surface area (Å²) in [4.78, 5) is 10.1. The first-order valence-corrected chi connectivity index (χ1v) is 4.66. The third kappa shape index (κ3) is 2.28. The molecule has 0 aliphatic carbocycles. The van der Waals surface area contributed by atoms with E-state index in [1.165, 1.54) is 6.07 Å². The van der Waals surface area contributed by atoms with Gasteiger partial charge in [-0.25, -0.2) is 0 Å². The molecule has 0 unspecified atom stereocenters. The Morgan fingerprint density at radius 1 is 1.64 bits per heavy atom. The summed E-state index contributed by atoms with van der Waals surface area (Å²) in [6.45, 7) is -0.322. The van der Waals surface area contributed by atoms with Gasteiger partial charge < -0.3 is 10.8 Å². The fourth-order valence-electron chi connectivity index (χ4n) is 1.09. The van der Waals surface area contributed by atoms with Crippen molar-refractivity contribution in [2.75, 3.05) is 6.61 Å². The standard InChI is InChI=1S/C8H9BrN2O3/c9-5-1-2-8(11(13)14)6(3-5)7(10)4-12/h1-3,7,12H,4,10H2/t7-/m0/s1. The number of nitro groups is 1. The van der Waals surface area contributed by atoms with Gasteiger partial charge in [-0.15, -0.1) is 0 Å². The Morgan fingerprint density at radius 3 is 2.79 bits per heavy atom. The highest BCUT2D eigenvalue weighted by Crippen LogP contribution is 2.26. The Labute approximate surface area is 88.8 Å². The highest BCUT2D eigenvalue weighted by Gasteiger charge is 2.18. The van der Waals surface area contributed by atoms with Crippen LogP contribution in [-0.2, 0) is 0 Å². The van der Waals surface area contributed by atoms with Gasteiger partial charge in [0.05, 0.1) is 17.6 Å². The summed E-state index contributed by atoms with van der Waals surface area (Å²) in [6, 6.07) is 3.73. The van der Waals surface area contributed by atoms with E-state index in [-0.39, 0.29) is 12.3 Å². The van der Waals surface area contributed by atoms with Crippen LogP contribution in [0.3, 0.4) is 0 Å². The lowest BCUT2D eigenvalue weighted by molar-refractivity contribution is -0.385. The summed E-state index contributed by atoms with van der Waals surface area (Å²) in [5, 5.41) is 19.4. The molecule has 14 heavy (non-hydrogen) atoms. The molecular weight excluding hydrogens is 252 g/mol. The number of benzene rings is 1. The lowest BCUT2D eigenvalue weighted by Gasteiger charge is -2.09. The molecule has 0 aliphatic heterocycles. The van der Waals surface area contributed by atoms with Crippen molar-refractivity contribution in [1.82, 2.24) is 0 Å². The van der Waals surface area contributed by atoms with Crippen LogP contribution in [0.2, 0.25) is 0 Å². The van der Waals surface area contributed by atoms with Crippen LogP contribution >= 0.6 is 15.9 Å². The van der Waals surface area contributed by atoms with E-state index in [1.54, 1.807) is 12.1 Å². The van der Waals surface area contributed by atoms with Gasteiger partial charge in [-0.05, 0) is 12.1 Å². The molecule has 0 heterocycles. The van der Waals surface area contributed by atoms with Gasteiger partial charge in [0.15, 0.2) is 0 Å². The van der Waals surface area contributed by atoms with Crippen LogP contribution in [0.15, 0.2) is 22.7 Å². The van der Waals surface area contributed by atoms with Gasteiger partial charge in [0.25, 0.3) is 5.69 Å². The van der Waals surface area contributed by atoms with Gasteiger partial charge in [0.1, 0.15) is 0 Å². The molecule has 0 spiro atoms. The van der Waals surface area contributed by atoms with Crippen LogP contribution < -0.4 is 5.73 Å². The number of nitrogens with zero attached hydrogens (tertiary/aromatic N) is 1. The van der Waals surface area contributed by atoms with E-state index >= 15 is 0 Å². The number of rotatable bonds is 3. The monoisotopic (exact) mass is 260 g/mol. The molecule has 0 saturated heterocycles. The van der Waals surface area contributed by atoms with E-state index in [9.17, 15) is 10.1 Å². The predicted molar refractivity (Wildman–Crippen MR) is 54.8 cm³/mol. The number of hydrogen-bond acceptors (Lipinski definition) is 4. The first-order valence-electron chi connectivity index (χ1n) is 3.86. The Balaban J connectivity index is 3.22. The van der Waals surface area contributed by atoms with Crippen LogP contribution in [0.5, 0.6) is 0 Å². The fraction of sp³-hybridized carbons (Fsp3) is 0.250. The maximum Gasteiger partial charge on any atom is 0.274 e. The van der Waals surface area contributed by atoms with Crippen LogP contribution in [-0.4, -0.2) is 16.6 Å². The van der Waals surface area contributed by atoms with Crippen molar-refractivity contribution in [2.45, 2.75) is 6.04 Å². The first kappa shape index (κ1) is 11.1. The molecule has 0 saturated carbocycles. The molecule has 1 atom stereocenters. The maximum atomic E-state index is 10.6. The number of aliphatic hydroxyl groups excluding tert-OH is 1. The lowest BCUT2D eigenvalue weighted by atomic mass is 10.1. The van der Waals surface area contributed by atoms with E-state index in [4.69, 9.17) is 10.8 Å². The molecule has 0 aromatic heterocycles. The van der Waals surface area contributed by atoms with Gasteiger partial charge in [-0.2, -0.15) is 0 Å². The number of nitro benzene ring substituents is 1. The first-order chi connectivity index (χ1) is 6.56. The van der Waals surface area contributed by atoms with Crippen molar-refractivity contribution in [3.8, 4) is 0 Å². The van der Waals surface area contributed by atoms with Gasteiger partial charge >= 0.3 is 0 Å². The van der Waals surface area contributed by atoms with Crippen molar-refractivity contribution >= 4 is 21.6 Å². The summed E-state index contributed by atoms with van der Waals surface area (Å²) in [7, 11) is 0. The number of aliphatic hydroxyl groups is 1. The van der Waals surface area contributed by atoms with Crippen molar-refractivity contribution in [2.24, 2.45) is 5.73 Å². The zero-order valence-corrected chi connectivity index (χ0v) is 8.77. The van der Waals surface area contributed by atoms with Gasteiger partial charge in [-0.3, -0.25) is 10.1 Å². The fourth-order valence-corrected chi connectivity index (χ4v) is 1.47. The molecule has 76 valence electrons. The van der Waals surface area contributed by atoms with Crippen LogP contribution in [0, 0.1) is 10.1 Å². The zero-order chi connectivity index (χ0) is 10.7. The molecule has 3 N–H and O–H groups in total. The minimum atomic E-state index is -0.729. The zero-order valence-electron chi connectivity index (χ0n) is 7.18. The SMILES string of the molecule is N[C@@H](CO)c1cc(Br)ccc1[N+](=O)[O-]. The lowest BCUT2D eigenvalue weighted by Crippen LogP contribution is -2.16. The molecule has 1 aromatic rings. The molecule has 1 rings (SSSR count). The Hall–Kier alpha value is -0.980. The molecule has 0 radical (unpaired) electrons. The van der Waals surface area contributed by atoms with E-state index in [0.29, 0.717) is 10.0 Å². The highest BCUT2D eigenvalue weighted by atomic mass is 79.9. The van der Waals surface area contributed by atoms with Crippen molar-refractivity contribution in [3.05, 3.63) is 38.3 Å². The largest absolute Gasteiger partial charge is 0.394 e. The average molecular weight is 261 g/mol. The third-order valence-corrected chi connectivity index (χ3v) is 2.28. The summed E-state index contributed by atoms with van der Waals surface area (Å²) in [5.41, 5.74) is 5.78. The minimum absolute atomic E-state index is 0.0743. The second kappa shape index (κ2) is 4.50. The Morgan fingerprint density at radius 2 is 2.29 bits per heavy atom.